The average Bonchev–Trinajstić information content (AvgIpc) is 3.87. The summed E-state index contributed by atoms with van der Waals surface area (Å²) in [6, 6.07) is 17.6. The van der Waals surface area contributed by atoms with Crippen LogP contribution in [0.1, 0.15) is 47.0 Å². The predicted molar refractivity (Wildman–Crippen MR) is 176 cm³/mol. The third kappa shape index (κ3) is 5.30. The predicted octanol–water partition coefficient (Wildman–Crippen LogP) is 3.31. The van der Waals surface area contributed by atoms with Crippen LogP contribution in [0.25, 0.3) is 0 Å². The van der Waals surface area contributed by atoms with Gasteiger partial charge in [-0.15, -0.1) is 0 Å². The Bertz CT molecular complexity index is 2060. The van der Waals surface area contributed by atoms with Crippen molar-refractivity contribution in [3.63, 3.8) is 0 Å². The van der Waals surface area contributed by atoms with E-state index in [1.54, 1.807) is 12.1 Å². The second-order valence-corrected chi connectivity index (χ2v) is 13.9. The number of amides is 2. The summed E-state index contributed by atoms with van der Waals surface area (Å²) >= 11 is 0. The molecule has 0 spiro atoms. The number of benzene rings is 3. The molecule has 0 bridgehead atoms. The molecule has 0 aliphatic carbocycles. The lowest BCUT2D eigenvalue weighted by molar-refractivity contribution is -0.127. The Morgan fingerprint density at radius 3 is 2.55 bits per heavy atom. The van der Waals surface area contributed by atoms with Crippen LogP contribution in [-0.4, -0.2) is 75.4 Å². The van der Waals surface area contributed by atoms with E-state index in [1.165, 1.54) is 63.1 Å². The second kappa shape index (κ2) is 12.7. The van der Waals surface area contributed by atoms with E-state index in [2.05, 4.69) is 16.4 Å². The van der Waals surface area contributed by atoms with Gasteiger partial charge in [0, 0.05) is 37.3 Å². The highest BCUT2D eigenvalue weighted by Crippen LogP contribution is 2.56. The molecular formula is C35H34N6O7S. The number of nitrogens with one attached hydrogen (secondary N) is 1. The smallest absolute Gasteiger partial charge is 0.271 e. The molecule has 49 heavy (non-hydrogen) atoms. The number of hydrogen-bond acceptors (Lipinski definition) is 11. The van der Waals surface area contributed by atoms with E-state index in [9.17, 15) is 18.5 Å². The second-order valence-electron chi connectivity index (χ2n) is 12.1. The molecule has 0 saturated carbocycles. The molecule has 252 valence electrons. The zero-order chi connectivity index (χ0) is 34.3. The van der Waals surface area contributed by atoms with Gasteiger partial charge in [0.05, 0.1) is 55.2 Å². The lowest BCUT2D eigenvalue weighted by Gasteiger charge is -2.41. The van der Waals surface area contributed by atoms with E-state index in [-0.39, 0.29) is 28.6 Å². The maximum Gasteiger partial charge on any atom is 0.271 e. The van der Waals surface area contributed by atoms with Crippen molar-refractivity contribution in [2.45, 2.75) is 35.9 Å². The molecule has 2 saturated heterocycles. The van der Waals surface area contributed by atoms with Gasteiger partial charge >= 0.3 is 0 Å². The minimum Gasteiger partial charge on any atom is -0.497 e. The standard InChI is InChI=1S/C35H34N6O7S/c1-46-25-7-9-26(10-8-25)49(44,45)41-29-11-5-23(20-36)18-27(29)35(34(41)43,40-15-3-4-30(40)33-38-14-17-48-33)28-19-24(6-12-31(28)47-2)21-39-16-13-37-32(42)22-39/h5-12,14,17-19,30H,3-4,13,15-16,21-22H2,1-2H3,(H,37,42). The van der Waals surface area contributed by atoms with Crippen LogP contribution in [0.3, 0.4) is 0 Å². The van der Waals surface area contributed by atoms with E-state index in [0.717, 1.165) is 9.87 Å². The number of nitriles is 1. The number of sulfonamides is 1. The molecule has 2 amide bonds. The van der Waals surface area contributed by atoms with Crippen LogP contribution >= 0.6 is 0 Å². The number of carbonyl (C=O) groups is 2. The highest BCUT2D eigenvalue weighted by Gasteiger charge is 2.63. The van der Waals surface area contributed by atoms with Crippen molar-refractivity contribution in [1.29, 1.82) is 5.26 Å². The van der Waals surface area contributed by atoms with Gasteiger partial charge in [-0.2, -0.15) is 5.26 Å². The summed E-state index contributed by atoms with van der Waals surface area (Å²) < 4.78 is 47.0. The fraction of sp³-hybridized carbons (Fsp3) is 0.314. The minimum atomic E-state index is -4.50. The number of nitrogens with zero attached hydrogens (tertiary/aromatic N) is 5. The quantitative estimate of drug-likeness (QED) is 0.276. The Balaban J connectivity index is 1.49. The summed E-state index contributed by atoms with van der Waals surface area (Å²) in [5.41, 5.74) is 0.0944. The molecule has 2 atom stereocenters. The zero-order valence-corrected chi connectivity index (χ0v) is 27.8. The highest BCUT2D eigenvalue weighted by atomic mass is 32.2. The first-order chi connectivity index (χ1) is 23.7. The fourth-order valence-electron chi connectivity index (χ4n) is 7.27. The summed E-state index contributed by atoms with van der Waals surface area (Å²) in [5, 5.41) is 12.9. The first kappa shape index (κ1) is 32.3. The summed E-state index contributed by atoms with van der Waals surface area (Å²) in [7, 11) is -1.52. The van der Waals surface area contributed by atoms with Crippen molar-refractivity contribution < 1.29 is 31.9 Å². The number of aromatic nitrogens is 1. The lowest BCUT2D eigenvalue weighted by atomic mass is 9.79. The SMILES string of the molecule is COc1ccc(S(=O)(=O)N2C(=O)C(c3cc(CN4CCNC(=O)C4)ccc3OC)(N3CCCC3c3ncco3)c3cc(C#N)ccc32)cc1. The number of fused-ring (bicyclic) bond motifs is 1. The highest BCUT2D eigenvalue weighted by molar-refractivity contribution is 7.93. The summed E-state index contributed by atoms with van der Waals surface area (Å²) in [4.78, 5) is 36.0. The Hall–Kier alpha value is -5.23. The first-order valence-electron chi connectivity index (χ1n) is 15.8. The topological polar surface area (TPSA) is 158 Å². The fourth-order valence-corrected chi connectivity index (χ4v) is 8.73. The lowest BCUT2D eigenvalue weighted by Crippen LogP contribution is -2.54. The Morgan fingerprint density at radius 2 is 1.86 bits per heavy atom. The number of oxazole rings is 1. The van der Waals surface area contributed by atoms with Gasteiger partial charge in [0.25, 0.3) is 15.9 Å². The van der Waals surface area contributed by atoms with E-state index < -0.39 is 27.5 Å². The van der Waals surface area contributed by atoms with E-state index >= 15 is 4.79 Å². The van der Waals surface area contributed by atoms with Crippen LogP contribution in [0.4, 0.5) is 5.69 Å². The van der Waals surface area contributed by atoms with E-state index in [0.29, 0.717) is 67.5 Å². The normalized spacial score (nSPS) is 21.3. The Kier molecular flexibility index (Phi) is 8.35. The summed E-state index contributed by atoms with van der Waals surface area (Å²) in [6.07, 6.45) is 4.24. The molecule has 1 aromatic heterocycles. The molecule has 2 fully saturated rings. The van der Waals surface area contributed by atoms with E-state index in [1.807, 2.05) is 21.9 Å². The maximum atomic E-state index is 15.6. The van der Waals surface area contributed by atoms with Crippen LogP contribution in [0.15, 0.2) is 82.4 Å². The van der Waals surface area contributed by atoms with Crippen molar-refractivity contribution in [3.05, 3.63) is 101 Å². The number of anilines is 1. The molecule has 14 heteroatoms. The maximum absolute atomic E-state index is 15.6. The van der Waals surface area contributed by atoms with Gasteiger partial charge in [-0.1, -0.05) is 6.07 Å². The molecule has 0 radical (unpaired) electrons. The number of likely N-dealkylation sites (tertiary alicyclic amines) is 1. The Labute approximate surface area is 283 Å². The monoisotopic (exact) mass is 682 g/mol. The summed E-state index contributed by atoms with van der Waals surface area (Å²) in [6.45, 7) is 2.14. The zero-order valence-electron chi connectivity index (χ0n) is 27.0. The van der Waals surface area contributed by atoms with Gasteiger partial charge in [-0.25, -0.2) is 17.7 Å². The van der Waals surface area contributed by atoms with Crippen LogP contribution in [0.5, 0.6) is 11.5 Å². The van der Waals surface area contributed by atoms with E-state index in [4.69, 9.17) is 13.9 Å². The molecule has 2 unspecified atom stereocenters. The number of rotatable bonds is 9. The number of hydrogen-bond donors (Lipinski definition) is 1. The Morgan fingerprint density at radius 1 is 1.04 bits per heavy atom. The first-order valence-corrected chi connectivity index (χ1v) is 17.3. The van der Waals surface area contributed by atoms with Gasteiger partial charge in [-0.3, -0.25) is 19.4 Å². The number of ether oxygens (including phenoxy) is 2. The third-order valence-electron chi connectivity index (χ3n) is 9.42. The molecule has 4 aromatic rings. The van der Waals surface area contributed by atoms with Crippen molar-refractivity contribution in [2.24, 2.45) is 0 Å². The minimum absolute atomic E-state index is 0.0781. The molecule has 7 rings (SSSR count). The summed E-state index contributed by atoms with van der Waals surface area (Å²) in [5.74, 6) is 0.362. The largest absolute Gasteiger partial charge is 0.497 e. The van der Waals surface area contributed by atoms with Gasteiger partial charge in [0.2, 0.25) is 11.8 Å². The molecule has 4 heterocycles. The van der Waals surface area contributed by atoms with Crippen molar-refractivity contribution in [2.75, 3.05) is 44.7 Å². The molecule has 1 N–H and O–H groups in total. The van der Waals surface area contributed by atoms with Crippen molar-refractivity contribution in [1.82, 2.24) is 20.1 Å². The van der Waals surface area contributed by atoms with Gasteiger partial charge in [-0.05, 0) is 73.0 Å². The average molecular weight is 683 g/mol. The number of carbonyl (C=O) groups excluding carboxylic acids is 2. The van der Waals surface area contributed by atoms with Crippen LogP contribution in [0.2, 0.25) is 0 Å². The molecular weight excluding hydrogens is 648 g/mol. The van der Waals surface area contributed by atoms with Gasteiger partial charge in [0.15, 0.2) is 5.54 Å². The number of piperazine rings is 1. The third-order valence-corrected chi connectivity index (χ3v) is 11.1. The van der Waals surface area contributed by atoms with Crippen molar-refractivity contribution in [3.8, 4) is 17.6 Å². The van der Waals surface area contributed by atoms with Crippen molar-refractivity contribution >= 4 is 27.5 Å². The van der Waals surface area contributed by atoms with Crippen LogP contribution in [0, 0.1) is 11.3 Å². The van der Waals surface area contributed by atoms with Gasteiger partial charge in [0.1, 0.15) is 17.8 Å². The molecule has 3 aliphatic rings. The van der Waals surface area contributed by atoms with Gasteiger partial charge < -0.3 is 19.2 Å². The van der Waals surface area contributed by atoms with Crippen LogP contribution in [-0.2, 0) is 31.7 Å². The van der Waals surface area contributed by atoms with Crippen LogP contribution < -0.4 is 19.1 Å². The molecule has 13 nitrogen and oxygen atoms in total. The molecule has 3 aliphatic heterocycles. The molecule has 3 aromatic carbocycles. The number of methoxy groups -OCH3 is 2.